The van der Waals surface area contributed by atoms with Crippen molar-refractivity contribution < 1.29 is 18.7 Å². The Bertz CT molecular complexity index is 601. The summed E-state index contributed by atoms with van der Waals surface area (Å²) in [5.74, 6) is -0.380. The molecule has 0 saturated carbocycles. The summed E-state index contributed by atoms with van der Waals surface area (Å²) in [6.07, 6.45) is 0. The molecule has 2 rings (SSSR count). The molecule has 1 aromatic carbocycles. The molecule has 1 heterocycles. The van der Waals surface area contributed by atoms with Crippen molar-refractivity contribution in [2.75, 3.05) is 39.5 Å². The smallest absolute Gasteiger partial charge is 0.327 e. The number of halogens is 1. The number of nitrogens with zero attached hydrogens (tertiary/aromatic N) is 2. The van der Waals surface area contributed by atoms with Crippen molar-refractivity contribution in [3.05, 3.63) is 35.6 Å². The van der Waals surface area contributed by atoms with E-state index >= 15 is 0 Å². The first kappa shape index (κ1) is 18.3. The molecule has 0 spiro atoms. The number of aliphatic imine (C=N–C) groups is 1. The van der Waals surface area contributed by atoms with Crippen LogP contribution in [0.3, 0.4) is 0 Å². The molecule has 0 amide bonds. The van der Waals surface area contributed by atoms with Crippen LogP contribution in [0.4, 0.5) is 4.39 Å². The molecule has 24 heavy (non-hydrogen) atoms. The molecule has 1 aliphatic heterocycles. The highest BCUT2D eigenvalue weighted by Crippen LogP contribution is 2.05. The molecule has 0 radical (unpaired) electrons. The summed E-state index contributed by atoms with van der Waals surface area (Å²) in [7, 11) is 0. The number of thiocarbonyl (C=S) groups is 1. The number of ether oxygens (including phenoxy) is 2. The molecule has 0 aliphatic carbocycles. The molecular weight excluding hydrogens is 333 g/mol. The predicted octanol–water partition coefficient (Wildman–Crippen LogP) is 1.34. The number of carbonyl (C=O) groups excluding carboxylic acids is 1. The number of hydrogen-bond donors (Lipinski definition) is 1. The molecule has 8 heteroatoms. The second kappa shape index (κ2) is 9.29. The summed E-state index contributed by atoms with van der Waals surface area (Å²) in [6.45, 7) is 4.45. The zero-order chi connectivity index (χ0) is 17.4. The lowest BCUT2D eigenvalue weighted by Crippen LogP contribution is -2.48. The minimum Gasteiger partial charge on any atom is -0.465 e. The van der Waals surface area contributed by atoms with Gasteiger partial charge in [-0.2, -0.15) is 0 Å². The first-order valence-corrected chi connectivity index (χ1v) is 8.10. The van der Waals surface area contributed by atoms with Crippen LogP contribution in [-0.2, 0) is 14.3 Å². The van der Waals surface area contributed by atoms with Crippen LogP contribution >= 0.6 is 12.2 Å². The van der Waals surface area contributed by atoms with Crippen LogP contribution in [0.1, 0.15) is 12.5 Å². The normalized spacial score (nSPS) is 15.1. The average molecular weight is 353 g/mol. The van der Waals surface area contributed by atoms with Crippen LogP contribution in [0.5, 0.6) is 0 Å². The Morgan fingerprint density at radius 2 is 2.04 bits per heavy atom. The summed E-state index contributed by atoms with van der Waals surface area (Å²) < 4.78 is 23.3. The van der Waals surface area contributed by atoms with E-state index in [1.54, 1.807) is 19.1 Å². The van der Waals surface area contributed by atoms with Crippen LogP contribution in [-0.4, -0.2) is 61.3 Å². The van der Waals surface area contributed by atoms with Gasteiger partial charge in [-0.15, -0.1) is 0 Å². The molecule has 130 valence electrons. The molecule has 0 aromatic heterocycles. The van der Waals surface area contributed by atoms with Gasteiger partial charge in [0.25, 0.3) is 0 Å². The van der Waals surface area contributed by atoms with Crippen LogP contribution in [0, 0.1) is 5.82 Å². The molecule has 1 aromatic rings. The molecule has 6 nitrogen and oxygen atoms in total. The van der Waals surface area contributed by atoms with E-state index in [4.69, 9.17) is 21.7 Å². The van der Waals surface area contributed by atoms with E-state index < -0.39 is 5.97 Å². The highest BCUT2D eigenvalue weighted by atomic mass is 32.1. The third-order valence-corrected chi connectivity index (χ3v) is 3.67. The lowest BCUT2D eigenvalue weighted by atomic mass is 10.2. The van der Waals surface area contributed by atoms with Gasteiger partial charge in [-0.25, -0.2) is 4.39 Å². The number of nitrogens with one attached hydrogen (secondary N) is 1. The van der Waals surface area contributed by atoms with Crippen LogP contribution in [0.15, 0.2) is 29.3 Å². The Morgan fingerprint density at radius 3 is 2.67 bits per heavy atom. The maximum Gasteiger partial charge on any atom is 0.327 e. The second-order valence-corrected chi connectivity index (χ2v) is 5.39. The number of morpholine rings is 1. The first-order valence-electron chi connectivity index (χ1n) is 7.70. The van der Waals surface area contributed by atoms with E-state index in [1.807, 2.05) is 4.90 Å². The molecule has 0 atom stereocenters. The number of amidine groups is 1. The minimum atomic E-state index is -0.434. The number of rotatable bonds is 4. The van der Waals surface area contributed by atoms with E-state index in [0.717, 1.165) is 0 Å². The van der Waals surface area contributed by atoms with Gasteiger partial charge in [0.2, 0.25) is 0 Å². The van der Waals surface area contributed by atoms with E-state index in [9.17, 15) is 9.18 Å². The monoisotopic (exact) mass is 353 g/mol. The molecule has 1 aliphatic rings. The fourth-order valence-corrected chi connectivity index (χ4v) is 2.39. The van der Waals surface area contributed by atoms with Crippen LogP contribution in [0.2, 0.25) is 0 Å². The number of esters is 1. The molecule has 1 fully saturated rings. The average Bonchev–Trinajstić information content (AvgIpc) is 2.60. The molecule has 0 unspecified atom stereocenters. The molecule has 1 saturated heterocycles. The summed E-state index contributed by atoms with van der Waals surface area (Å²) in [4.78, 5) is 17.7. The Hall–Kier alpha value is -2.06. The maximum atomic E-state index is 13.1. The fraction of sp³-hybridized carbons (Fsp3) is 0.438. The SMILES string of the molecule is CCOC(=O)CN=C(NC(=S)N1CCOCC1)c1ccc(F)cc1. The summed E-state index contributed by atoms with van der Waals surface area (Å²) in [6, 6.07) is 5.81. The van der Waals surface area contributed by atoms with Gasteiger partial charge in [0.15, 0.2) is 5.11 Å². The van der Waals surface area contributed by atoms with Crippen molar-refractivity contribution in [2.24, 2.45) is 4.99 Å². The van der Waals surface area contributed by atoms with Gasteiger partial charge in [0.1, 0.15) is 18.2 Å². The van der Waals surface area contributed by atoms with Gasteiger partial charge in [-0.3, -0.25) is 9.79 Å². The van der Waals surface area contributed by atoms with E-state index in [2.05, 4.69) is 10.3 Å². The number of hydrogen-bond acceptors (Lipinski definition) is 5. The summed E-state index contributed by atoms with van der Waals surface area (Å²) in [5.41, 5.74) is 0.635. The van der Waals surface area contributed by atoms with Crippen LogP contribution < -0.4 is 5.32 Å². The first-order chi connectivity index (χ1) is 11.6. The highest BCUT2D eigenvalue weighted by molar-refractivity contribution is 7.80. The van der Waals surface area contributed by atoms with Crippen molar-refractivity contribution in [2.45, 2.75) is 6.92 Å². The number of carbonyl (C=O) groups is 1. The largest absolute Gasteiger partial charge is 0.465 e. The standard InChI is InChI=1S/C16H20FN3O3S/c1-2-23-14(21)11-18-15(12-3-5-13(17)6-4-12)19-16(24)20-7-9-22-10-8-20/h3-6H,2,7-11H2,1H3,(H,18,19,24). The summed E-state index contributed by atoms with van der Waals surface area (Å²) >= 11 is 5.40. The third-order valence-electron chi connectivity index (χ3n) is 3.31. The van der Waals surface area contributed by atoms with Crippen molar-refractivity contribution in [3.63, 3.8) is 0 Å². The number of benzene rings is 1. The van der Waals surface area contributed by atoms with Crippen LogP contribution in [0.25, 0.3) is 0 Å². The van der Waals surface area contributed by atoms with Gasteiger partial charge in [-0.05, 0) is 43.4 Å². The topological polar surface area (TPSA) is 63.2 Å². The van der Waals surface area contributed by atoms with Gasteiger partial charge in [0.05, 0.1) is 19.8 Å². The van der Waals surface area contributed by atoms with Gasteiger partial charge >= 0.3 is 5.97 Å². The van der Waals surface area contributed by atoms with Gasteiger partial charge in [-0.1, -0.05) is 0 Å². The zero-order valence-corrected chi connectivity index (χ0v) is 14.3. The Kier molecular flexibility index (Phi) is 7.07. The second-order valence-electron chi connectivity index (χ2n) is 5.01. The molecular formula is C16H20FN3O3S. The van der Waals surface area contributed by atoms with E-state index in [1.165, 1.54) is 12.1 Å². The Labute approximate surface area is 145 Å². The van der Waals surface area contributed by atoms with Crippen molar-refractivity contribution in [1.29, 1.82) is 0 Å². The molecule has 0 bridgehead atoms. The van der Waals surface area contributed by atoms with Gasteiger partial charge < -0.3 is 19.7 Å². The maximum absolute atomic E-state index is 13.1. The van der Waals surface area contributed by atoms with E-state index in [-0.39, 0.29) is 12.4 Å². The minimum absolute atomic E-state index is 0.140. The van der Waals surface area contributed by atoms with Gasteiger partial charge in [0, 0.05) is 18.7 Å². The van der Waals surface area contributed by atoms with Crippen molar-refractivity contribution >= 4 is 29.1 Å². The predicted molar refractivity (Wildman–Crippen MR) is 92.6 cm³/mol. The highest BCUT2D eigenvalue weighted by Gasteiger charge is 2.16. The lowest BCUT2D eigenvalue weighted by Gasteiger charge is -2.29. The quantitative estimate of drug-likeness (QED) is 0.381. The summed E-state index contributed by atoms with van der Waals surface area (Å²) in [5, 5.41) is 3.53. The zero-order valence-electron chi connectivity index (χ0n) is 13.5. The van der Waals surface area contributed by atoms with Crippen molar-refractivity contribution in [3.8, 4) is 0 Å². The van der Waals surface area contributed by atoms with E-state index in [0.29, 0.717) is 49.4 Å². The molecule has 1 N–H and O–H groups in total. The Balaban J connectivity index is 2.12. The van der Waals surface area contributed by atoms with Crippen molar-refractivity contribution in [1.82, 2.24) is 10.2 Å². The fourth-order valence-electron chi connectivity index (χ4n) is 2.11. The lowest BCUT2D eigenvalue weighted by molar-refractivity contribution is -0.141. The Morgan fingerprint density at radius 1 is 1.38 bits per heavy atom. The third kappa shape index (κ3) is 5.54.